The lowest BCUT2D eigenvalue weighted by molar-refractivity contribution is 0.102. The highest BCUT2D eigenvalue weighted by Crippen LogP contribution is 2.25. The Balaban J connectivity index is 1.76. The SMILES string of the molecule is CCn1cc(Cl)c(C(=O)Nc2nn(Cc3ccc(Cl)c(Cl)c3)cc2Br)n1. The van der Waals surface area contributed by atoms with E-state index < -0.39 is 5.91 Å². The zero-order chi connectivity index (χ0) is 18.8. The molecule has 26 heavy (non-hydrogen) atoms. The van der Waals surface area contributed by atoms with Gasteiger partial charge in [-0.1, -0.05) is 40.9 Å². The first-order valence-electron chi connectivity index (χ1n) is 7.58. The van der Waals surface area contributed by atoms with Gasteiger partial charge < -0.3 is 5.32 Å². The van der Waals surface area contributed by atoms with Crippen LogP contribution in [0.4, 0.5) is 5.82 Å². The van der Waals surface area contributed by atoms with Crippen LogP contribution < -0.4 is 5.32 Å². The first-order chi connectivity index (χ1) is 12.4. The number of hydrogen-bond acceptors (Lipinski definition) is 3. The molecular weight excluding hydrogens is 464 g/mol. The maximum absolute atomic E-state index is 12.4. The maximum atomic E-state index is 12.4. The Morgan fingerprint density at radius 3 is 2.54 bits per heavy atom. The minimum atomic E-state index is -0.428. The molecule has 0 aliphatic carbocycles. The van der Waals surface area contributed by atoms with E-state index in [-0.39, 0.29) is 10.7 Å². The molecule has 0 aliphatic rings. The summed E-state index contributed by atoms with van der Waals surface area (Å²) < 4.78 is 3.90. The van der Waals surface area contributed by atoms with Crippen LogP contribution in [0.3, 0.4) is 0 Å². The molecule has 1 N–H and O–H groups in total. The number of carbonyl (C=O) groups is 1. The van der Waals surface area contributed by atoms with Crippen LogP contribution in [0.5, 0.6) is 0 Å². The number of halogens is 4. The van der Waals surface area contributed by atoms with E-state index in [1.807, 2.05) is 13.0 Å². The van der Waals surface area contributed by atoms with Crippen molar-refractivity contribution in [3.05, 3.63) is 61.4 Å². The summed E-state index contributed by atoms with van der Waals surface area (Å²) in [5.41, 5.74) is 1.08. The monoisotopic (exact) mass is 475 g/mol. The molecule has 2 heterocycles. The second-order valence-corrected chi connectivity index (χ2v) is 7.48. The van der Waals surface area contributed by atoms with Gasteiger partial charge in [0.15, 0.2) is 11.5 Å². The fraction of sp³-hybridized carbons (Fsp3) is 0.188. The van der Waals surface area contributed by atoms with E-state index >= 15 is 0 Å². The Kier molecular flexibility index (Phi) is 5.92. The molecule has 0 bridgehead atoms. The topological polar surface area (TPSA) is 64.7 Å². The molecule has 2 aromatic heterocycles. The first-order valence-corrected chi connectivity index (χ1v) is 9.51. The quantitative estimate of drug-likeness (QED) is 0.555. The number of nitrogens with zero attached hydrogens (tertiary/aromatic N) is 4. The highest BCUT2D eigenvalue weighted by atomic mass is 79.9. The van der Waals surface area contributed by atoms with Crippen LogP contribution in [0.1, 0.15) is 23.0 Å². The fourth-order valence-electron chi connectivity index (χ4n) is 2.27. The van der Waals surface area contributed by atoms with Crippen molar-refractivity contribution in [1.82, 2.24) is 19.6 Å². The number of anilines is 1. The standard InChI is InChI=1S/C16H13BrCl3N5O/c1-2-24-8-13(20)14(22-24)16(26)21-15-10(17)7-25(23-15)6-9-3-4-11(18)12(19)5-9/h3-5,7-8H,2,6H2,1H3,(H,21,23,26). The van der Waals surface area contributed by atoms with Crippen LogP contribution in [-0.2, 0) is 13.1 Å². The maximum Gasteiger partial charge on any atom is 0.278 e. The van der Waals surface area contributed by atoms with Gasteiger partial charge in [-0.05, 0) is 40.5 Å². The lowest BCUT2D eigenvalue weighted by Crippen LogP contribution is -2.15. The van der Waals surface area contributed by atoms with Gasteiger partial charge in [0.2, 0.25) is 0 Å². The third-order valence-corrected chi connectivity index (χ3v) is 5.13. The molecule has 0 fully saturated rings. The number of benzene rings is 1. The summed E-state index contributed by atoms with van der Waals surface area (Å²) in [6.07, 6.45) is 3.36. The molecule has 3 aromatic rings. The van der Waals surface area contributed by atoms with E-state index in [4.69, 9.17) is 34.8 Å². The van der Waals surface area contributed by atoms with Gasteiger partial charge in [0.1, 0.15) is 0 Å². The Morgan fingerprint density at radius 2 is 1.88 bits per heavy atom. The van der Waals surface area contributed by atoms with Gasteiger partial charge >= 0.3 is 0 Å². The molecule has 0 spiro atoms. The van der Waals surface area contributed by atoms with Gasteiger partial charge in [0.25, 0.3) is 5.91 Å². The molecular formula is C16H13BrCl3N5O. The van der Waals surface area contributed by atoms with Gasteiger partial charge in [0, 0.05) is 18.9 Å². The van der Waals surface area contributed by atoms with Crippen LogP contribution in [0, 0.1) is 0 Å². The van der Waals surface area contributed by atoms with Crippen LogP contribution in [-0.4, -0.2) is 25.5 Å². The summed E-state index contributed by atoms with van der Waals surface area (Å²) in [4.78, 5) is 12.4. The smallest absolute Gasteiger partial charge is 0.278 e. The lowest BCUT2D eigenvalue weighted by atomic mass is 10.2. The summed E-state index contributed by atoms with van der Waals surface area (Å²) >= 11 is 21.4. The number of aryl methyl sites for hydroxylation is 1. The van der Waals surface area contributed by atoms with E-state index in [2.05, 4.69) is 31.4 Å². The molecule has 0 saturated heterocycles. The second kappa shape index (κ2) is 8.00. The van der Waals surface area contributed by atoms with Crippen LogP contribution >= 0.6 is 50.7 Å². The molecule has 136 valence electrons. The summed E-state index contributed by atoms with van der Waals surface area (Å²) in [5, 5.41) is 12.5. The number of rotatable bonds is 5. The summed E-state index contributed by atoms with van der Waals surface area (Å²) in [5.74, 6) is -0.0557. The number of carbonyl (C=O) groups excluding carboxylic acids is 1. The van der Waals surface area contributed by atoms with Gasteiger partial charge in [-0.15, -0.1) is 0 Å². The summed E-state index contributed by atoms with van der Waals surface area (Å²) in [6.45, 7) is 3.00. The minimum Gasteiger partial charge on any atom is -0.303 e. The Bertz CT molecular complexity index is 969. The van der Waals surface area contributed by atoms with Crippen molar-refractivity contribution in [2.45, 2.75) is 20.0 Å². The van der Waals surface area contributed by atoms with Crippen LogP contribution in [0.25, 0.3) is 0 Å². The van der Waals surface area contributed by atoms with Gasteiger partial charge in [-0.2, -0.15) is 10.2 Å². The molecule has 1 amide bonds. The van der Waals surface area contributed by atoms with E-state index in [9.17, 15) is 4.79 Å². The van der Waals surface area contributed by atoms with Crippen molar-refractivity contribution in [1.29, 1.82) is 0 Å². The molecule has 3 rings (SSSR count). The average Bonchev–Trinajstić information content (AvgIpc) is 3.13. The summed E-state index contributed by atoms with van der Waals surface area (Å²) in [6, 6.07) is 5.36. The van der Waals surface area contributed by atoms with Crippen LogP contribution in [0.2, 0.25) is 15.1 Å². The molecule has 10 heteroatoms. The average molecular weight is 478 g/mol. The number of nitrogens with one attached hydrogen (secondary N) is 1. The minimum absolute atomic E-state index is 0.152. The number of amides is 1. The van der Waals surface area contributed by atoms with Crippen molar-refractivity contribution >= 4 is 62.5 Å². The zero-order valence-electron chi connectivity index (χ0n) is 13.5. The van der Waals surface area contributed by atoms with Crippen molar-refractivity contribution in [2.24, 2.45) is 0 Å². The predicted octanol–water partition coefficient (Wildman–Crippen LogP) is 5.12. The molecule has 1 aromatic carbocycles. The normalized spacial score (nSPS) is 11.0. The van der Waals surface area contributed by atoms with Crippen molar-refractivity contribution in [2.75, 3.05) is 5.32 Å². The van der Waals surface area contributed by atoms with Crippen molar-refractivity contribution in [3.63, 3.8) is 0 Å². The van der Waals surface area contributed by atoms with Gasteiger partial charge in [-0.3, -0.25) is 14.2 Å². The summed E-state index contributed by atoms with van der Waals surface area (Å²) in [7, 11) is 0. The Morgan fingerprint density at radius 1 is 1.12 bits per heavy atom. The lowest BCUT2D eigenvalue weighted by Gasteiger charge is -2.04. The molecule has 0 aliphatic heterocycles. The molecule has 0 radical (unpaired) electrons. The third kappa shape index (κ3) is 4.23. The second-order valence-electron chi connectivity index (χ2n) is 5.41. The predicted molar refractivity (Wildman–Crippen MR) is 106 cm³/mol. The third-order valence-electron chi connectivity index (χ3n) is 3.53. The molecule has 0 unspecified atom stereocenters. The van der Waals surface area contributed by atoms with Crippen molar-refractivity contribution in [3.8, 4) is 0 Å². The Hall–Kier alpha value is -1.54. The Labute approximate surface area is 173 Å². The van der Waals surface area contributed by atoms with Crippen molar-refractivity contribution < 1.29 is 4.79 Å². The first kappa shape index (κ1) is 19.2. The highest BCUT2D eigenvalue weighted by molar-refractivity contribution is 9.10. The number of hydrogen-bond donors (Lipinski definition) is 1. The molecule has 6 nitrogen and oxygen atoms in total. The molecule has 0 atom stereocenters. The van der Waals surface area contributed by atoms with Gasteiger partial charge in [0.05, 0.1) is 26.1 Å². The zero-order valence-corrected chi connectivity index (χ0v) is 17.4. The van der Waals surface area contributed by atoms with E-state index in [0.717, 1.165) is 5.56 Å². The van der Waals surface area contributed by atoms with E-state index in [1.165, 1.54) is 0 Å². The highest BCUT2D eigenvalue weighted by Gasteiger charge is 2.18. The number of aromatic nitrogens is 4. The molecule has 0 saturated carbocycles. The largest absolute Gasteiger partial charge is 0.303 e. The van der Waals surface area contributed by atoms with Crippen LogP contribution in [0.15, 0.2) is 35.1 Å². The van der Waals surface area contributed by atoms with Gasteiger partial charge in [-0.25, -0.2) is 0 Å². The van der Waals surface area contributed by atoms with E-state index in [0.29, 0.717) is 33.4 Å². The fourth-order valence-corrected chi connectivity index (χ4v) is 3.24. The van der Waals surface area contributed by atoms with E-state index in [1.54, 1.807) is 33.9 Å².